The van der Waals surface area contributed by atoms with Crippen LogP contribution >= 0.6 is 11.3 Å². The summed E-state index contributed by atoms with van der Waals surface area (Å²) in [6, 6.07) is 3.14. The predicted molar refractivity (Wildman–Crippen MR) is 92.1 cm³/mol. The highest BCUT2D eigenvalue weighted by molar-refractivity contribution is 7.15. The largest absolute Gasteiger partial charge is 0.325 e. The number of rotatable bonds is 3. The highest BCUT2D eigenvalue weighted by atomic mass is 32.1. The molecule has 3 heterocycles. The summed E-state index contributed by atoms with van der Waals surface area (Å²) in [5, 5.41) is 4.09. The van der Waals surface area contributed by atoms with E-state index in [1.807, 2.05) is 0 Å². The van der Waals surface area contributed by atoms with Crippen LogP contribution in [0.5, 0.6) is 0 Å². The van der Waals surface area contributed by atoms with E-state index in [2.05, 4.69) is 10.3 Å². The van der Waals surface area contributed by atoms with Gasteiger partial charge in [0.15, 0.2) is 4.96 Å². The van der Waals surface area contributed by atoms with Gasteiger partial charge in [0.2, 0.25) is 0 Å². The van der Waals surface area contributed by atoms with Crippen molar-refractivity contribution in [3.05, 3.63) is 69.1 Å². The number of benzene rings is 1. The second-order valence-corrected chi connectivity index (χ2v) is 7.08. The van der Waals surface area contributed by atoms with Gasteiger partial charge in [0, 0.05) is 23.2 Å². The molecule has 0 aliphatic carbocycles. The van der Waals surface area contributed by atoms with E-state index in [-0.39, 0.29) is 23.4 Å². The molecule has 3 aromatic rings. The van der Waals surface area contributed by atoms with Gasteiger partial charge in [0.1, 0.15) is 17.2 Å². The molecule has 0 bridgehead atoms. The molecule has 0 radical (unpaired) electrons. The summed E-state index contributed by atoms with van der Waals surface area (Å²) in [5.74, 6) is -2.30. The van der Waals surface area contributed by atoms with Crippen molar-refractivity contribution >= 4 is 28.2 Å². The summed E-state index contributed by atoms with van der Waals surface area (Å²) in [5.41, 5.74) is -2.16. The van der Waals surface area contributed by atoms with Crippen LogP contribution in [0.2, 0.25) is 0 Å². The van der Waals surface area contributed by atoms with Gasteiger partial charge in [-0.3, -0.25) is 18.9 Å². The smallest absolute Gasteiger partial charge is 0.319 e. The number of amides is 3. The monoisotopic (exact) mass is 390 g/mol. The van der Waals surface area contributed by atoms with E-state index < -0.39 is 29.1 Å². The van der Waals surface area contributed by atoms with Crippen LogP contribution in [-0.2, 0) is 16.9 Å². The highest BCUT2D eigenvalue weighted by Crippen LogP contribution is 2.31. The third-order valence-corrected chi connectivity index (χ3v) is 5.17. The minimum Gasteiger partial charge on any atom is -0.319 e. The lowest BCUT2D eigenvalue weighted by molar-refractivity contribution is -0.131. The maximum absolute atomic E-state index is 14.2. The fraction of sp³-hybridized carbons (Fsp3) is 0.176. The molecule has 0 saturated carbocycles. The van der Waals surface area contributed by atoms with Crippen molar-refractivity contribution < 1.29 is 18.4 Å². The van der Waals surface area contributed by atoms with Gasteiger partial charge in [0.25, 0.3) is 11.5 Å². The van der Waals surface area contributed by atoms with Crippen molar-refractivity contribution in [1.29, 1.82) is 0 Å². The van der Waals surface area contributed by atoms with Crippen molar-refractivity contribution in [3.63, 3.8) is 0 Å². The number of thiazole rings is 1. The van der Waals surface area contributed by atoms with Crippen molar-refractivity contribution in [2.45, 2.75) is 19.0 Å². The molecule has 1 N–H and O–H groups in total. The molecule has 1 atom stereocenters. The number of hydrogen-bond acceptors (Lipinski definition) is 5. The zero-order valence-corrected chi connectivity index (χ0v) is 14.7. The summed E-state index contributed by atoms with van der Waals surface area (Å²) in [6.07, 6.45) is 1.57. The molecule has 1 saturated heterocycles. The molecule has 27 heavy (non-hydrogen) atoms. The Hall–Kier alpha value is -3.14. The summed E-state index contributed by atoms with van der Waals surface area (Å²) in [6.45, 7) is 1.04. The zero-order valence-electron chi connectivity index (χ0n) is 13.9. The Morgan fingerprint density at radius 1 is 1.22 bits per heavy atom. The van der Waals surface area contributed by atoms with Gasteiger partial charge >= 0.3 is 6.03 Å². The maximum atomic E-state index is 14.2. The fourth-order valence-corrected chi connectivity index (χ4v) is 3.77. The van der Waals surface area contributed by atoms with Gasteiger partial charge in [-0.25, -0.2) is 18.6 Å². The van der Waals surface area contributed by atoms with E-state index in [0.717, 1.165) is 23.1 Å². The highest BCUT2D eigenvalue weighted by Gasteiger charge is 2.50. The average Bonchev–Trinajstić information content (AvgIpc) is 3.17. The summed E-state index contributed by atoms with van der Waals surface area (Å²) in [7, 11) is 0. The number of imide groups is 1. The van der Waals surface area contributed by atoms with Crippen LogP contribution in [0.3, 0.4) is 0 Å². The first-order valence-corrected chi connectivity index (χ1v) is 8.73. The van der Waals surface area contributed by atoms with Crippen molar-refractivity contribution in [2.24, 2.45) is 0 Å². The zero-order chi connectivity index (χ0) is 19.3. The Labute approximate surface area is 154 Å². The third-order valence-electron chi connectivity index (χ3n) is 4.42. The number of carbonyl (C=O) groups is 2. The van der Waals surface area contributed by atoms with Crippen molar-refractivity contribution in [1.82, 2.24) is 19.6 Å². The van der Waals surface area contributed by atoms with E-state index in [1.54, 1.807) is 11.6 Å². The lowest BCUT2D eigenvalue weighted by Gasteiger charge is -2.22. The van der Waals surface area contributed by atoms with Crippen LogP contribution in [0, 0.1) is 11.6 Å². The molecule has 138 valence electrons. The lowest BCUT2D eigenvalue weighted by atomic mass is 9.91. The maximum Gasteiger partial charge on any atom is 0.325 e. The summed E-state index contributed by atoms with van der Waals surface area (Å²) in [4.78, 5) is 42.8. The quantitative estimate of drug-likeness (QED) is 0.694. The first-order chi connectivity index (χ1) is 12.8. The van der Waals surface area contributed by atoms with Crippen molar-refractivity contribution in [3.8, 4) is 0 Å². The molecular formula is C17H12F2N4O3S. The van der Waals surface area contributed by atoms with Crippen LogP contribution in [-0.4, -0.2) is 26.2 Å². The number of aromatic nitrogens is 2. The van der Waals surface area contributed by atoms with Gasteiger partial charge in [0.05, 0.1) is 12.2 Å². The molecule has 7 nitrogen and oxygen atoms in total. The van der Waals surface area contributed by atoms with E-state index in [1.165, 1.54) is 28.7 Å². The van der Waals surface area contributed by atoms with Gasteiger partial charge in [-0.15, -0.1) is 11.3 Å². The summed E-state index contributed by atoms with van der Waals surface area (Å²) >= 11 is 1.23. The SMILES string of the molecule is C[C@]1(c2cc(F)ccc2F)NC(=O)N(Cc2cc(=O)n3ccsc3n2)C1=O. The minimum absolute atomic E-state index is 0.218. The topological polar surface area (TPSA) is 83.8 Å². The van der Waals surface area contributed by atoms with Crippen LogP contribution in [0.1, 0.15) is 18.2 Å². The number of nitrogens with one attached hydrogen (secondary N) is 1. The van der Waals surface area contributed by atoms with Crippen LogP contribution in [0.15, 0.2) is 40.6 Å². The van der Waals surface area contributed by atoms with E-state index in [9.17, 15) is 23.2 Å². The molecular weight excluding hydrogens is 378 g/mol. The number of nitrogens with zero attached hydrogens (tertiary/aromatic N) is 3. The lowest BCUT2D eigenvalue weighted by Crippen LogP contribution is -2.41. The summed E-state index contributed by atoms with van der Waals surface area (Å²) < 4.78 is 29.1. The number of fused-ring (bicyclic) bond motifs is 1. The Balaban J connectivity index is 1.70. The fourth-order valence-electron chi connectivity index (χ4n) is 3.03. The van der Waals surface area contributed by atoms with Gasteiger partial charge in [-0.05, 0) is 25.1 Å². The molecule has 1 aliphatic rings. The van der Waals surface area contributed by atoms with Gasteiger partial charge in [-0.2, -0.15) is 0 Å². The van der Waals surface area contributed by atoms with Crippen LogP contribution in [0.4, 0.5) is 13.6 Å². The Bertz CT molecular complexity index is 1160. The van der Waals surface area contributed by atoms with E-state index in [0.29, 0.717) is 4.96 Å². The Kier molecular flexibility index (Phi) is 3.81. The second-order valence-electron chi connectivity index (χ2n) is 6.21. The Morgan fingerprint density at radius 2 is 2.00 bits per heavy atom. The number of hydrogen-bond donors (Lipinski definition) is 1. The first kappa shape index (κ1) is 17.3. The third kappa shape index (κ3) is 2.69. The molecule has 4 rings (SSSR count). The second kappa shape index (κ2) is 5.95. The molecule has 1 fully saturated rings. The molecule has 0 unspecified atom stereocenters. The Morgan fingerprint density at radius 3 is 2.78 bits per heavy atom. The van der Waals surface area contributed by atoms with Crippen LogP contribution < -0.4 is 10.9 Å². The van der Waals surface area contributed by atoms with Gasteiger partial charge in [-0.1, -0.05) is 0 Å². The number of halogens is 2. The van der Waals surface area contributed by atoms with Crippen molar-refractivity contribution in [2.75, 3.05) is 0 Å². The predicted octanol–water partition coefficient (Wildman–Crippen LogP) is 2.00. The molecule has 3 amide bonds. The molecule has 10 heteroatoms. The minimum atomic E-state index is -1.76. The van der Waals surface area contributed by atoms with Gasteiger partial charge < -0.3 is 5.32 Å². The number of carbonyl (C=O) groups excluding carboxylic acids is 2. The van der Waals surface area contributed by atoms with E-state index >= 15 is 0 Å². The van der Waals surface area contributed by atoms with E-state index in [4.69, 9.17) is 0 Å². The van der Waals surface area contributed by atoms with Crippen LogP contribution in [0.25, 0.3) is 4.96 Å². The number of urea groups is 1. The molecule has 2 aromatic heterocycles. The standard InChI is InChI=1S/C17H12F2N4O3S/c1-17(11-6-9(18)2-3-12(11)19)14(25)23(15(26)21-17)8-10-7-13(24)22-4-5-27-16(22)20-10/h2-7H,8H2,1H3,(H,21,26)/t17-/m1/s1. The normalized spacial score (nSPS) is 19.7. The average molecular weight is 390 g/mol. The molecule has 1 aliphatic heterocycles. The first-order valence-electron chi connectivity index (χ1n) is 7.85. The molecule has 1 aromatic carbocycles. The molecule has 0 spiro atoms.